The number of nitrogens with zero attached hydrogens (tertiary/aromatic N) is 2. The first kappa shape index (κ1) is 19.4. The van der Waals surface area contributed by atoms with Gasteiger partial charge in [0, 0.05) is 11.3 Å². The van der Waals surface area contributed by atoms with Gasteiger partial charge in [-0.25, -0.2) is 9.37 Å². The summed E-state index contributed by atoms with van der Waals surface area (Å²) in [5, 5.41) is 0. The monoisotopic (exact) mass is 406 g/mol. The smallest absolute Gasteiger partial charge is 0.416 e. The largest absolute Gasteiger partial charge is 0.435 e. The van der Waals surface area contributed by atoms with Gasteiger partial charge in [-0.1, -0.05) is 6.07 Å². The fraction of sp³-hybridized carbons (Fsp3) is 0.286. The number of piperazine rings is 1. The van der Waals surface area contributed by atoms with Gasteiger partial charge >= 0.3 is 6.18 Å². The molecule has 2 aromatic carbocycles. The van der Waals surface area contributed by atoms with E-state index in [1.807, 2.05) is 4.90 Å². The molecule has 2 heterocycles. The first-order valence-electron chi connectivity index (χ1n) is 9.35. The minimum Gasteiger partial charge on any atom is -0.435 e. The molecule has 1 N–H and O–H groups in total. The molecule has 0 spiro atoms. The van der Waals surface area contributed by atoms with Gasteiger partial charge in [0.1, 0.15) is 5.82 Å². The fourth-order valence-corrected chi connectivity index (χ4v) is 3.49. The van der Waals surface area contributed by atoms with Crippen LogP contribution in [0.5, 0.6) is 0 Å². The predicted molar refractivity (Wildman–Crippen MR) is 100.0 cm³/mol. The molecule has 0 unspecified atom stereocenters. The molecule has 0 aliphatic carbocycles. The van der Waals surface area contributed by atoms with Crippen LogP contribution in [0.15, 0.2) is 59.1 Å². The van der Waals surface area contributed by atoms with Gasteiger partial charge in [0.2, 0.25) is 0 Å². The third-order valence-electron chi connectivity index (χ3n) is 5.09. The number of aromatic nitrogens is 1. The summed E-state index contributed by atoms with van der Waals surface area (Å²) in [6.07, 6.45) is -2.71. The van der Waals surface area contributed by atoms with Crippen molar-refractivity contribution in [1.82, 2.24) is 4.98 Å². The van der Waals surface area contributed by atoms with Crippen LogP contribution in [0.1, 0.15) is 11.5 Å². The number of hydrogen-bond donors (Lipinski definition) is 1. The van der Waals surface area contributed by atoms with Gasteiger partial charge in [-0.3, -0.25) is 0 Å². The van der Waals surface area contributed by atoms with Crippen LogP contribution < -0.4 is 9.80 Å². The Morgan fingerprint density at radius 1 is 1.03 bits per heavy atom. The molecule has 0 atom stereocenters. The number of nitrogens with one attached hydrogen (secondary N) is 1. The van der Waals surface area contributed by atoms with E-state index < -0.39 is 11.7 Å². The van der Waals surface area contributed by atoms with Crippen molar-refractivity contribution in [3.63, 3.8) is 0 Å². The van der Waals surface area contributed by atoms with E-state index in [-0.39, 0.29) is 5.82 Å². The zero-order valence-electron chi connectivity index (χ0n) is 15.5. The van der Waals surface area contributed by atoms with E-state index in [2.05, 4.69) is 4.98 Å². The molecule has 1 fully saturated rings. The molecule has 1 saturated heterocycles. The van der Waals surface area contributed by atoms with Gasteiger partial charge in [0.25, 0.3) is 5.89 Å². The van der Waals surface area contributed by atoms with Crippen LogP contribution in [0.4, 0.5) is 23.2 Å². The number of anilines is 1. The number of alkyl halides is 3. The number of halogens is 4. The van der Waals surface area contributed by atoms with Crippen molar-refractivity contribution in [2.24, 2.45) is 0 Å². The van der Waals surface area contributed by atoms with Gasteiger partial charge in [0.15, 0.2) is 12.3 Å². The van der Waals surface area contributed by atoms with Crippen LogP contribution in [0.25, 0.3) is 11.3 Å². The summed E-state index contributed by atoms with van der Waals surface area (Å²) in [5.41, 5.74) is 0.723. The number of oxazole rings is 1. The highest BCUT2D eigenvalue weighted by Gasteiger charge is 2.31. The highest BCUT2D eigenvalue weighted by Crippen LogP contribution is 2.31. The van der Waals surface area contributed by atoms with Gasteiger partial charge in [-0.05, 0) is 42.5 Å². The van der Waals surface area contributed by atoms with E-state index in [0.717, 1.165) is 24.7 Å². The normalized spacial score (nSPS) is 15.7. The second-order valence-electron chi connectivity index (χ2n) is 7.09. The quantitative estimate of drug-likeness (QED) is 0.675. The summed E-state index contributed by atoms with van der Waals surface area (Å²) in [7, 11) is 0. The molecule has 3 aromatic rings. The lowest BCUT2D eigenvalue weighted by Gasteiger charge is -2.33. The van der Waals surface area contributed by atoms with Crippen molar-refractivity contribution in [2.45, 2.75) is 12.7 Å². The maximum atomic E-state index is 13.0. The minimum atomic E-state index is -4.34. The Morgan fingerprint density at radius 3 is 2.45 bits per heavy atom. The molecule has 4 rings (SSSR count). The van der Waals surface area contributed by atoms with E-state index in [1.54, 1.807) is 24.4 Å². The van der Waals surface area contributed by atoms with E-state index >= 15 is 0 Å². The Hall–Kier alpha value is -2.87. The van der Waals surface area contributed by atoms with Crippen LogP contribution in [-0.4, -0.2) is 31.2 Å². The third-order valence-corrected chi connectivity index (χ3v) is 5.09. The van der Waals surface area contributed by atoms with Crippen LogP contribution in [0, 0.1) is 5.82 Å². The van der Waals surface area contributed by atoms with Crippen molar-refractivity contribution in [1.29, 1.82) is 0 Å². The van der Waals surface area contributed by atoms with Crippen LogP contribution in [-0.2, 0) is 12.7 Å². The molecule has 1 aromatic heterocycles. The standard InChI is InChI=1S/C21H19F4N3O/c22-17-6-4-15(5-7-17)19-13-26-20(29-19)14-27-8-10-28(11-9-27)18-3-1-2-16(12-18)21(23,24)25/h1-7,12-13H,8-11,14H2/p+1. The average Bonchev–Trinajstić information content (AvgIpc) is 3.17. The molecule has 152 valence electrons. The van der Waals surface area contributed by atoms with Gasteiger partial charge in [-0.15, -0.1) is 0 Å². The topological polar surface area (TPSA) is 33.7 Å². The van der Waals surface area contributed by atoms with Crippen LogP contribution >= 0.6 is 0 Å². The predicted octanol–water partition coefficient (Wildman–Crippen LogP) is 3.40. The summed E-state index contributed by atoms with van der Waals surface area (Å²) >= 11 is 0. The van der Waals surface area contributed by atoms with Crippen molar-refractivity contribution in [3.05, 3.63) is 72.0 Å². The second kappa shape index (κ2) is 7.87. The molecule has 8 heteroatoms. The molecule has 1 aliphatic heterocycles. The van der Waals surface area contributed by atoms with Crippen LogP contribution in [0.3, 0.4) is 0 Å². The van der Waals surface area contributed by atoms with Gasteiger partial charge < -0.3 is 14.2 Å². The maximum Gasteiger partial charge on any atom is 0.416 e. The molecule has 29 heavy (non-hydrogen) atoms. The van der Waals surface area contributed by atoms with Crippen molar-refractivity contribution in [3.8, 4) is 11.3 Å². The number of hydrogen-bond acceptors (Lipinski definition) is 3. The Kier molecular flexibility index (Phi) is 5.27. The van der Waals surface area contributed by atoms with Crippen LogP contribution in [0.2, 0.25) is 0 Å². The lowest BCUT2D eigenvalue weighted by molar-refractivity contribution is -0.915. The SMILES string of the molecule is Fc1ccc(-c2cnc(C[NH+]3CCN(c4cccc(C(F)(F)F)c4)CC3)o2)cc1. The summed E-state index contributed by atoms with van der Waals surface area (Å²) in [5.74, 6) is 0.866. The highest BCUT2D eigenvalue weighted by atomic mass is 19.4. The first-order valence-corrected chi connectivity index (χ1v) is 9.35. The van der Waals surface area contributed by atoms with E-state index in [0.29, 0.717) is 37.0 Å². The van der Waals surface area contributed by atoms with E-state index in [4.69, 9.17) is 4.42 Å². The van der Waals surface area contributed by atoms with E-state index in [1.165, 1.54) is 29.2 Å². The van der Waals surface area contributed by atoms with E-state index in [9.17, 15) is 17.6 Å². The third kappa shape index (κ3) is 4.59. The maximum absolute atomic E-state index is 13.0. The molecule has 0 saturated carbocycles. The second-order valence-corrected chi connectivity index (χ2v) is 7.09. The Balaban J connectivity index is 1.35. The summed E-state index contributed by atoms with van der Waals surface area (Å²) in [6, 6.07) is 11.5. The summed E-state index contributed by atoms with van der Waals surface area (Å²) in [6.45, 7) is 3.44. The summed E-state index contributed by atoms with van der Waals surface area (Å²) in [4.78, 5) is 7.53. The molecule has 1 aliphatic rings. The average molecular weight is 406 g/mol. The number of quaternary nitrogens is 1. The Bertz CT molecular complexity index is 961. The molecule has 0 amide bonds. The zero-order valence-corrected chi connectivity index (χ0v) is 15.5. The molecule has 4 nitrogen and oxygen atoms in total. The highest BCUT2D eigenvalue weighted by molar-refractivity contribution is 5.55. The number of benzene rings is 2. The van der Waals surface area contributed by atoms with Gasteiger partial charge in [-0.2, -0.15) is 13.2 Å². The Morgan fingerprint density at radius 2 is 1.76 bits per heavy atom. The lowest BCUT2D eigenvalue weighted by Crippen LogP contribution is -3.13. The molecular weight excluding hydrogens is 386 g/mol. The minimum absolute atomic E-state index is 0.309. The van der Waals surface area contributed by atoms with Crippen molar-refractivity contribution in [2.75, 3.05) is 31.1 Å². The van der Waals surface area contributed by atoms with Gasteiger partial charge in [0.05, 0.1) is 37.9 Å². The Labute approximate surface area is 165 Å². The molecule has 0 radical (unpaired) electrons. The van der Waals surface area contributed by atoms with Crippen molar-refractivity contribution >= 4 is 5.69 Å². The molecule has 0 bridgehead atoms. The lowest BCUT2D eigenvalue weighted by atomic mass is 10.1. The number of rotatable bonds is 4. The molecular formula is C21H20F4N3O+. The van der Waals surface area contributed by atoms with Crippen molar-refractivity contribution < 1.29 is 26.9 Å². The zero-order chi connectivity index (χ0) is 20.4. The first-order chi connectivity index (χ1) is 13.9. The fourth-order valence-electron chi connectivity index (χ4n) is 3.49. The summed E-state index contributed by atoms with van der Waals surface area (Å²) < 4.78 is 57.6.